The van der Waals surface area contributed by atoms with Crippen molar-refractivity contribution in [1.29, 1.82) is 15.8 Å². The summed E-state index contributed by atoms with van der Waals surface area (Å²) in [6, 6.07) is 82.9. The zero-order valence-electron chi connectivity index (χ0n) is 45.4. The van der Waals surface area contributed by atoms with Gasteiger partial charge in [0.05, 0.1) is 88.1 Å². The highest BCUT2D eigenvalue weighted by atomic mass is 15.1. The van der Waals surface area contributed by atoms with Crippen LogP contribution in [0.15, 0.2) is 237 Å². The van der Waals surface area contributed by atoms with E-state index in [0.717, 1.165) is 88.1 Å². The molecule has 0 N–H and O–H groups in total. The first kappa shape index (κ1) is 51.1. The molecule has 11 aromatic carbocycles. The van der Waals surface area contributed by atoms with Crippen molar-refractivity contribution < 1.29 is 0 Å². The topological polar surface area (TPSA) is 133 Å². The first-order valence-corrected chi connectivity index (χ1v) is 27.3. The Labute approximate surface area is 493 Å². The summed E-state index contributed by atoms with van der Waals surface area (Å²) in [5, 5.41) is 34.5. The Bertz CT molecular complexity index is 4910. The van der Waals surface area contributed by atoms with Gasteiger partial charge in [0.15, 0.2) is 34.5 Å². The number of hydrogen-bond acceptors (Lipinski definition) is 6. The van der Waals surface area contributed by atoms with Crippen molar-refractivity contribution in [2.75, 3.05) is 0 Å². The van der Waals surface area contributed by atoms with Gasteiger partial charge >= 0.3 is 0 Å². The second-order valence-corrected chi connectivity index (χ2v) is 20.6. The van der Waals surface area contributed by atoms with Gasteiger partial charge in [0.1, 0.15) is 0 Å². The van der Waals surface area contributed by atoms with Crippen LogP contribution in [-0.4, -0.2) is 24.1 Å². The number of nitriles is 3. The molecule has 3 heterocycles. The molecule has 86 heavy (non-hydrogen) atoms. The highest BCUT2D eigenvalue weighted by molar-refractivity contribution is 6.13. The minimum absolute atomic E-state index is 0.262. The first-order chi connectivity index (χ1) is 42.3. The van der Waals surface area contributed by atoms with Crippen LogP contribution < -0.4 is 0 Å². The highest BCUT2D eigenvalue weighted by Crippen LogP contribution is 2.44. The molecule has 0 fully saturated rings. The maximum Gasteiger partial charge on any atom is 0.188 e. The lowest BCUT2D eigenvalue weighted by atomic mass is 10.0. The summed E-state index contributed by atoms with van der Waals surface area (Å²) < 4.78 is 4.35. The third kappa shape index (κ3) is 8.96. The van der Waals surface area contributed by atoms with Crippen LogP contribution in [0.2, 0.25) is 0 Å². The summed E-state index contributed by atoms with van der Waals surface area (Å²) in [7, 11) is 0. The van der Waals surface area contributed by atoms with E-state index in [1.165, 1.54) is 0 Å². The van der Waals surface area contributed by atoms with Crippen molar-refractivity contribution in [3.8, 4) is 108 Å². The second kappa shape index (κ2) is 21.1. The van der Waals surface area contributed by atoms with Gasteiger partial charge in [0.2, 0.25) is 0 Å². The summed E-state index contributed by atoms with van der Waals surface area (Å²) in [4.78, 5) is 27.5. The molecule has 0 aliphatic rings. The van der Waals surface area contributed by atoms with E-state index in [-0.39, 0.29) is 11.6 Å². The summed E-state index contributed by atoms with van der Waals surface area (Å²) in [5.74, 6) is 0.879. The molecule has 0 atom stereocenters. The van der Waals surface area contributed by atoms with E-state index >= 15 is 0 Å². The van der Waals surface area contributed by atoms with E-state index in [9.17, 15) is 15.8 Å². The van der Waals surface area contributed by atoms with Crippen molar-refractivity contribution in [2.24, 2.45) is 0 Å². The monoisotopic (exact) mass is 1090 g/mol. The lowest BCUT2D eigenvalue weighted by Gasteiger charge is -2.17. The lowest BCUT2D eigenvalue weighted by Crippen LogP contribution is -2.06. The van der Waals surface area contributed by atoms with Crippen molar-refractivity contribution in [1.82, 2.24) is 24.1 Å². The maximum absolute atomic E-state index is 10.7. The van der Waals surface area contributed by atoms with Gasteiger partial charge in [-0.05, 0) is 136 Å². The number of hydrogen-bond donors (Lipinski definition) is 0. The fourth-order valence-electron chi connectivity index (χ4n) is 11.6. The third-order valence-electron chi connectivity index (χ3n) is 15.7. The predicted molar refractivity (Wildman–Crippen MR) is 339 cm³/mol. The zero-order valence-corrected chi connectivity index (χ0v) is 45.4. The molecule has 0 saturated carbocycles. The van der Waals surface area contributed by atoms with Crippen molar-refractivity contribution in [3.05, 3.63) is 288 Å². The van der Waals surface area contributed by atoms with Gasteiger partial charge in [-0.2, -0.15) is 15.8 Å². The molecule has 3 aromatic heterocycles. The molecular weight excluding hydrogens is 1050 g/mol. The Kier molecular flexibility index (Phi) is 12.6. The average molecular weight is 1090 g/mol. The van der Waals surface area contributed by atoms with E-state index in [4.69, 9.17) is 34.7 Å². The van der Waals surface area contributed by atoms with Crippen molar-refractivity contribution in [3.63, 3.8) is 0 Å². The van der Waals surface area contributed by atoms with Crippen LogP contribution in [0.25, 0.3) is 148 Å². The third-order valence-corrected chi connectivity index (χ3v) is 15.7. The first-order valence-electron chi connectivity index (χ1n) is 27.3. The molecule has 0 radical (unpaired) electrons. The van der Waals surface area contributed by atoms with Gasteiger partial charge in [-0.1, -0.05) is 146 Å². The summed E-state index contributed by atoms with van der Waals surface area (Å²) in [6.45, 7) is 24.0. The van der Waals surface area contributed by atoms with Crippen LogP contribution in [0, 0.1) is 53.7 Å². The number of nitrogens with zero attached hydrogens (tertiary/aromatic N) is 11. The molecule has 11 heteroatoms. The van der Waals surface area contributed by atoms with Crippen molar-refractivity contribution in [2.45, 2.75) is 0 Å². The van der Waals surface area contributed by atoms with Gasteiger partial charge in [-0.25, -0.2) is 29.5 Å². The van der Waals surface area contributed by atoms with Crippen LogP contribution in [0.1, 0.15) is 16.7 Å². The Morgan fingerprint density at radius 1 is 0.291 bits per heavy atom. The molecule has 0 amide bonds. The SMILES string of the molecule is [C-]#[N+]c1cccc(-c2ccc3c4ccc(-c5cccc(C#N)c5)cc4n(-c4ccc(C#N)cc4-c4nc(-c5ccccc5)nc(-c5cc([N+]#[C-])ccc5-n5c6cc(-c7cccc(C#N)c7)ccc6c6ccc(-c7cccc([N+]#[C-])c7)cc65)n4)c3c2)c1. The number of rotatable bonds is 9. The van der Waals surface area contributed by atoms with Crippen molar-refractivity contribution >= 4 is 60.7 Å². The Morgan fingerprint density at radius 2 is 0.640 bits per heavy atom. The van der Waals surface area contributed by atoms with Crippen LogP contribution in [-0.2, 0) is 0 Å². The van der Waals surface area contributed by atoms with E-state index in [1.54, 1.807) is 42.5 Å². The second-order valence-electron chi connectivity index (χ2n) is 20.6. The predicted octanol–water partition coefficient (Wildman–Crippen LogP) is 19.0. The minimum Gasteiger partial charge on any atom is -0.309 e. The smallest absolute Gasteiger partial charge is 0.188 e. The van der Waals surface area contributed by atoms with E-state index < -0.39 is 0 Å². The van der Waals surface area contributed by atoms with Crippen LogP contribution in [0.3, 0.4) is 0 Å². The van der Waals surface area contributed by atoms with E-state index in [1.807, 2.05) is 121 Å². The Hall–Kier alpha value is -13.0. The van der Waals surface area contributed by atoms with Gasteiger partial charge in [-0.3, -0.25) is 0 Å². The Balaban J connectivity index is 1.05. The summed E-state index contributed by atoms with van der Waals surface area (Å²) >= 11 is 0. The molecule has 0 saturated heterocycles. The van der Waals surface area contributed by atoms with Gasteiger partial charge in [0.25, 0.3) is 0 Å². The normalized spacial score (nSPS) is 11.0. The van der Waals surface area contributed by atoms with E-state index in [0.29, 0.717) is 67.6 Å². The maximum atomic E-state index is 10.7. The summed E-state index contributed by atoms with van der Waals surface area (Å²) in [6.07, 6.45) is 0. The van der Waals surface area contributed by atoms with Gasteiger partial charge < -0.3 is 9.13 Å². The quantitative estimate of drug-likeness (QED) is 0.132. The lowest BCUT2D eigenvalue weighted by molar-refractivity contribution is 1.06. The molecule has 14 rings (SSSR count). The van der Waals surface area contributed by atoms with E-state index in [2.05, 4.69) is 115 Å². The molecule has 0 spiro atoms. The average Bonchev–Trinajstić information content (AvgIpc) is 1.69. The van der Waals surface area contributed by atoms with Crippen LogP contribution in [0.5, 0.6) is 0 Å². The fraction of sp³-hybridized carbons (Fsp3) is 0. The summed E-state index contributed by atoms with van der Waals surface area (Å²) in [5.41, 5.74) is 16.3. The molecule has 0 aliphatic heterocycles. The van der Waals surface area contributed by atoms with Crippen LogP contribution >= 0.6 is 0 Å². The standard InChI is InChI=1S/C75H39N11/c1-79-58-19-9-17-52(36-58)56-24-29-63-61-27-22-54(50-15-7-11-46(33-50)43-76)38-69(61)85(71(63)40-56)67-31-21-48(45-78)35-65(67)74-82-73(49-13-5-4-6-14-49)83-75(84-74)66-42-60(81-3)26-32-68(66)86-70-39-55(51-16-8-12-47(34-51)44-77)23-28-62(70)64-30-25-57(41-72(64)86)53-18-10-20-59(37-53)80-2/h4-42H. The van der Waals surface area contributed by atoms with Gasteiger partial charge in [0, 0.05) is 38.2 Å². The molecule has 14 aromatic rings. The van der Waals surface area contributed by atoms with Crippen LogP contribution in [0.4, 0.5) is 17.1 Å². The number of fused-ring (bicyclic) bond motifs is 6. The molecular formula is C75H39N11. The van der Waals surface area contributed by atoms with Gasteiger partial charge in [-0.15, -0.1) is 0 Å². The molecule has 394 valence electrons. The number of benzene rings is 11. The fourth-order valence-corrected chi connectivity index (χ4v) is 11.6. The zero-order chi connectivity index (χ0) is 58.4. The molecule has 0 bridgehead atoms. The largest absolute Gasteiger partial charge is 0.309 e. The molecule has 0 unspecified atom stereocenters. The Morgan fingerprint density at radius 3 is 1.07 bits per heavy atom. The number of aromatic nitrogens is 5. The minimum atomic E-state index is 0.262. The molecule has 0 aliphatic carbocycles. The molecule has 11 nitrogen and oxygen atoms in total. The highest BCUT2D eigenvalue weighted by Gasteiger charge is 2.25.